The van der Waals surface area contributed by atoms with Crippen molar-refractivity contribution in [2.75, 3.05) is 27.2 Å². The lowest BCUT2D eigenvalue weighted by molar-refractivity contribution is 0.0952. The number of carbonyl (C=O) groups excluding carboxylic acids is 1. The van der Waals surface area contributed by atoms with Crippen LogP contribution in [0.25, 0.3) is 27.0 Å². The van der Waals surface area contributed by atoms with Crippen LogP contribution in [0.3, 0.4) is 0 Å². The molecule has 0 radical (unpaired) electrons. The summed E-state index contributed by atoms with van der Waals surface area (Å²) < 4.78 is 2.49. The molecule has 0 aromatic heterocycles. The second-order valence-electron chi connectivity index (χ2n) is 7.17. The lowest BCUT2D eigenvalue weighted by Crippen LogP contribution is -2.27. The number of benzene rings is 2. The average molecular weight is 407 g/mol. The highest BCUT2D eigenvalue weighted by atomic mass is 32.1. The SMILES string of the molecule is CN(C)CCCNC(=O)c1ccc(-n2nc3c4ccccc4scc-3c2=O)cc1. The number of carbonyl (C=O) groups is 1. The summed E-state index contributed by atoms with van der Waals surface area (Å²) in [7, 11) is 4.01. The van der Waals surface area contributed by atoms with Crippen molar-refractivity contribution in [2.24, 2.45) is 0 Å². The molecule has 2 aromatic rings. The molecule has 2 aliphatic heterocycles. The highest BCUT2D eigenvalue weighted by molar-refractivity contribution is 7.17. The predicted octanol–water partition coefficient (Wildman–Crippen LogP) is 3.23. The summed E-state index contributed by atoms with van der Waals surface area (Å²) in [5.41, 5.74) is 2.37. The molecule has 7 heteroatoms. The lowest BCUT2D eigenvalue weighted by Gasteiger charge is -2.10. The fourth-order valence-electron chi connectivity index (χ4n) is 3.24. The number of amides is 1. The standard InChI is InChI=1S/C22H22N4O2S/c1-25(2)13-5-12-23-21(27)15-8-10-16(11-9-15)26-22(28)18-14-29-19-7-4-3-6-17(19)20(18)24-26/h3-4,6-11,14H,5,12-13H2,1-2H3,(H,23,27). The van der Waals surface area contributed by atoms with E-state index in [0.717, 1.165) is 23.1 Å². The second kappa shape index (κ2) is 8.14. The molecule has 0 bridgehead atoms. The van der Waals surface area contributed by atoms with E-state index in [9.17, 15) is 9.59 Å². The Balaban J connectivity index is 1.58. The number of nitrogens with zero attached hydrogens (tertiary/aromatic N) is 3. The van der Waals surface area contributed by atoms with Crippen molar-refractivity contribution in [1.29, 1.82) is 0 Å². The third kappa shape index (κ3) is 3.92. The number of hydrogen-bond acceptors (Lipinski definition) is 5. The van der Waals surface area contributed by atoms with Gasteiger partial charge in [-0.3, -0.25) is 9.59 Å². The molecule has 0 saturated heterocycles. The molecule has 1 amide bonds. The monoisotopic (exact) mass is 406 g/mol. The minimum absolute atomic E-state index is 0.115. The van der Waals surface area contributed by atoms with Crippen molar-refractivity contribution in [1.82, 2.24) is 20.0 Å². The van der Waals surface area contributed by atoms with Crippen molar-refractivity contribution in [2.45, 2.75) is 6.42 Å². The Kier molecular flexibility index (Phi) is 5.42. The Hall–Kier alpha value is -3.03. The van der Waals surface area contributed by atoms with Crippen molar-refractivity contribution in [3.05, 3.63) is 69.8 Å². The van der Waals surface area contributed by atoms with E-state index in [1.807, 2.05) is 43.7 Å². The third-order valence-electron chi connectivity index (χ3n) is 4.77. The van der Waals surface area contributed by atoms with Gasteiger partial charge in [-0.2, -0.15) is 9.78 Å². The maximum Gasteiger partial charge on any atom is 0.281 e. The van der Waals surface area contributed by atoms with E-state index in [2.05, 4.69) is 15.3 Å². The molecule has 4 rings (SSSR count). The van der Waals surface area contributed by atoms with Crippen molar-refractivity contribution < 1.29 is 4.79 Å². The second-order valence-corrected chi connectivity index (χ2v) is 8.08. The average Bonchev–Trinajstić information content (AvgIpc) is 3.08. The molecule has 2 aliphatic rings. The van der Waals surface area contributed by atoms with Gasteiger partial charge in [0.2, 0.25) is 0 Å². The van der Waals surface area contributed by atoms with E-state index in [0.29, 0.717) is 29.1 Å². The first-order valence-corrected chi connectivity index (χ1v) is 10.4. The molecule has 1 N–H and O–H groups in total. The summed E-state index contributed by atoms with van der Waals surface area (Å²) in [6, 6.07) is 14.9. The normalized spacial score (nSPS) is 11.4. The Morgan fingerprint density at radius 1 is 1.14 bits per heavy atom. The van der Waals surface area contributed by atoms with Gasteiger partial charge in [-0.25, -0.2) is 0 Å². The minimum Gasteiger partial charge on any atom is -0.352 e. The van der Waals surface area contributed by atoms with Crippen LogP contribution in [0.5, 0.6) is 0 Å². The Morgan fingerprint density at radius 3 is 2.66 bits per heavy atom. The number of aromatic nitrogens is 2. The highest BCUT2D eigenvalue weighted by Crippen LogP contribution is 2.30. The molecule has 2 aromatic carbocycles. The van der Waals surface area contributed by atoms with Gasteiger partial charge in [-0.1, -0.05) is 18.2 Å². The molecule has 0 saturated carbocycles. The van der Waals surface area contributed by atoms with Crippen molar-refractivity contribution in [3.8, 4) is 16.9 Å². The van der Waals surface area contributed by atoms with Gasteiger partial charge >= 0.3 is 0 Å². The van der Waals surface area contributed by atoms with Gasteiger partial charge < -0.3 is 10.2 Å². The smallest absolute Gasteiger partial charge is 0.281 e. The molecule has 0 fully saturated rings. The lowest BCUT2D eigenvalue weighted by atomic mass is 10.1. The molecule has 0 spiro atoms. The predicted molar refractivity (Wildman–Crippen MR) is 117 cm³/mol. The van der Waals surface area contributed by atoms with Gasteiger partial charge in [-0.15, -0.1) is 11.3 Å². The number of fused-ring (bicyclic) bond motifs is 3. The van der Waals surface area contributed by atoms with Gasteiger partial charge in [0.25, 0.3) is 11.5 Å². The Morgan fingerprint density at radius 2 is 1.90 bits per heavy atom. The van der Waals surface area contributed by atoms with E-state index in [1.165, 1.54) is 16.0 Å². The van der Waals surface area contributed by atoms with Crippen molar-refractivity contribution in [3.63, 3.8) is 0 Å². The molecule has 2 heterocycles. The molecule has 0 unspecified atom stereocenters. The van der Waals surface area contributed by atoms with E-state index in [-0.39, 0.29) is 11.5 Å². The zero-order valence-electron chi connectivity index (χ0n) is 16.4. The molecule has 0 aliphatic carbocycles. The van der Waals surface area contributed by atoms with Crippen LogP contribution in [0, 0.1) is 0 Å². The molecule has 29 heavy (non-hydrogen) atoms. The Bertz CT molecular complexity index is 1180. The van der Waals surface area contributed by atoms with Crippen LogP contribution in [-0.4, -0.2) is 47.8 Å². The molecule has 148 valence electrons. The summed E-state index contributed by atoms with van der Waals surface area (Å²) in [6.45, 7) is 1.55. The van der Waals surface area contributed by atoms with Gasteiger partial charge in [-0.05, 0) is 57.4 Å². The highest BCUT2D eigenvalue weighted by Gasteiger charge is 2.19. The first-order valence-electron chi connectivity index (χ1n) is 9.47. The fraction of sp³-hybridized carbons (Fsp3) is 0.227. The van der Waals surface area contributed by atoms with Crippen LogP contribution in [0.2, 0.25) is 0 Å². The zero-order valence-corrected chi connectivity index (χ0v) is 17.2. The van der Waals surface area contributed by atoms with Crippen LogP contribution in [-0.2, 0) is 0 Å². The first-order chi connectivity index (χ1) is 14.0. The molecule has 0 atom stereocenters. The summed E-state index contributed by atoms with van der Waals surface area (Å²) in [4.78, 5) is 27.2. The van der Waals surface area contributed by atoms with E-state index in [4.69, 9.17) is 0 Å². The van der Waals surface area contributed by atoms with Gasteiger partial charge in [0.1, 0.15) is 5.69 Å². The van der Waals surface area contributed by atoms with Crippen LogP contribution < -0.4 is 10.9 Å². The number of hydrogen-bond donors (Lipinski definition) is 1. The maximum absolute atomic E-state index is 12.8. The first kappa shape index (κ1) is 19.3. The van der Waals surface area contributed by atoms with Crippen LogP contribution in [0.15, 0.2) is 58.7 Å². The van der Waals surface area contributed by atoms with E-state index < -0.39 is 0 Å². The number of rotatable bonds is 6. The van der Waals surface area contributed by atoms with Crippen LogP contribution in [0.4, 0.5) is 0 Å². The quantitative estimate of drug-likeness (QED) is 0.499. The Labute approximate surface area is 172 Å². The molecule has 6 nitrogen and oxygen atoms in total. The summed E-state index contributed by atoms with van der Waals surface area (Å²) >= 11 is 1.54. The third-order valence-corrected chi connectivity index (χ3v) is 5.73. The maximum atomic E-state index is 12.8. The molecular formula is C22H22N4O2S. The largest absolute Gasteiger partial charge is 0.352 e. The van der Waals surface area contributed by atoms with E-state index in [1.54, 1.807) is 24.3 Å². The molecular weight excluding hydrogens is 384 g/mol. The van der Waals surface area contributed by atoms with Gasteiger partial charge in [0.15, 0.2) is 0 Å². The topological polar surface area (TPSA) is 67.2 Å². The van der Waals surface area contributed by atoms with Gasteiger partial charge in [0.05, 0.1) is 11.3 Å². The zero-order chi connectivity index (χ0) is 20.4. The summed E-state index contributed by atoms with van der Waals surface area (Å²) in [6.07, 6.45) is 0.894. The van der Waals surface area contributed by atoms with Crippen LogP contribution in [0.1, 0.15) is 16.8 Å². The number of nitrogens with one attached hydrogen (secondary N) is 1. The fourth-order valence-corrected chi connectivity index (χ4v) is 4.14. The minimum atomic E-state index is -0.150. The van der Waals surface area contributed by atoms with Gasteiger partial charge in [0, 0.05) is 27.6 Å². The van der Waals surface area contributed by atoms with Crippen molar-refractivity contribution >= 4 is 27.3 Å². The van der Waals surface area contributed by atoms with E-state index >= 15 is 0 Å². The van der Waals surface area contributed by atoms with Crippen LogP contribution >= 0.6 is 11.3 Å². The summed E-state index contributed by atoms with van der Waals surface area (Å²) in [5, 5.41) is 10.3. The summed E-state index contributed by atoms with van der Waals surface area (Å²) in [5.74, 6) is -0.115.